The topological polar surface area (TPSA) is 113 Å². The summed E-state index contributed by atoms with van der Waals surface area (Å²) in [4.78, 5) is 23.0. The Morgan fingerprint density at radius 3 is 2.52 bits per heavy atom. The first-order chi connectivity index (χ1) is 9.68. The lowest BCUT2D eigenvalue weighted by Crippen LogP contribution is -2.57. The number of carbonyl (C=O) groups excluding carboxylic acids is 1. The summed E-state index contributed by atoms with van der Waals surface area (Å²) < 4.78 is 32.8. The maximum atomic E-state index is 12.4. The van der Waals surface area contributed by atoms with Gasteiger partial charge in [0, 0.05) is 6.54 Å². The van der Waals surface area contributed by atoms with E-state index in [4.69, 9.17) is 9.84 Å². The minimum Gasteiger partial charge on any atom is -0.480 e. The second kappa shape index (κ2) is 6.71. The Kier molecular flexibility index (Phi) is 5.71. The fourth-order valence-corrected chi connectivity index (χ4v) is 3.93. The molecule has 0 bridgehead atoms. The van der Waals surface area contributed by atoms with Crippen LogP contribution < -0.4 is 4.72 Å². The third-order valence-electron chi connectivity index (χ3n) is 3.60. The summed E-state index contributed by atoms with van der Waals surface area (Å²) in [5.41, 5.74) is -1.61. The molecule has 1 rings (SSSR count). The Hall–Kier alpha value is -1.19. The van der Waals surface area contributed by atoms with E-state index in [0.29, 0.717) is 12.8 Å². The molecule has 0 aromatic carbocycles. The second-order valence-corrected chi connectivity index (χ2v) is 6.74. The van der Waals surface area contributed by atoms with Crippen LogP contribution in [-0.2, 0) is 24.5 Å². The van der Waals surface area contributed by atoms with Crippen molar-refractivity contribution >= 4 is 22.1 Å². The van der Waals surface area contributed by atoms with Gasteiger partial charge in [-0.1, -0.05) is 6.92 Å². The van der Waals surface area contributed by atoms with Crippen LogP contribution in [-0.4, -0.2) is 54.5 Å². The molecule has 1 heterocycles. The van der Waals surface area contributed by atoms with E-state index < -0.39 is 33.7 Å². The molecule has 9 heteroatoms. The van der Waals surface area contributed by atoms with E-state index in [1.54, 1.807) is 13.8 Å². The first-order valence-electron chi connectivity index (χ1n) is 6.88. The molecule has 21 heavy (non-hydrogen) atoms. The van der Waals surface area contributed by atoms with E-state index in [0.717, 1.165) is 4.31 Å². The number of rotatable bonds is 7. The van der Waals surface area contributed by atoms with Gasteiger partial charge in [0.2, 0.25) is 0 Å². The molecule has 0 spiro atoms. The number of nitrogens with zero attached hydrogens (tertiary/aromatic N) is 1. The fourth-order valence-electron chi connectivity index (χ4n) is 2.11. The molecule has 2 unspecified atom stereocenters. The Bertz CT molecular complexity index is 506. The molecule has 2 atom stereocenters. The number of hydrogen-bond donors (Lipinski definition) is 2. The monoisotopic (exact) mass is 322 g/mol. The molecule has 0 aromatic heterocycles. The van der Waals surface area contributed by atoms with Gasteiger partial charge in [-0.05, 0) is 33.1 Å². The van der Waals surface area contributed by atoms with Crippen molar-refractivity contribution in [2.75, 3.05) is 13.2 Å². The van der Waals surface area contributed by atoms with Crippen LogP contribution in [0.2, 0.25) is 0 Å². The Balaban J connectivity index is 2.96. The van der Waals surface area contributed by atoms with E-state index in [1.807, 2.05) is 0 Å². The van der Waals surface area contributed by atoms with Gasteiger partial charge in [-0.15, -0.1) is 0 Å². The smallest absolute Gasteiger partial charge is 0.324 e. The van der Waals surface area contributed by atoms with Crippen molar-refractivity contribution in [3.63, 3.8) is 0 Å². The molecule has 2 N–H and O–H groups in total. The molecule has 0 saturated carbocycles. The maximum absolute atomic E-state index is 12.4. The second-order valence-electron chi connectivity index (χ2n) is 5.12. The van der Waals surface area contributed by atoms with Gasteiger partial charge in [-0.25, -0.2) is 0 Å². The predicted octanol–water partition coefficient (Wildman–Crippen LogP) is 0.102. The summed E-state index contributed by atoms with van der Waals surface area (Å²) in [5.74, 6) is -1.87. The zero-order chi connectivity index (χ0) is 16.3. The highest BCUT2D eigenvalue weighted by atomic mass is 32.2. The molecular weight excluding hydrogens is 300 g/mol. The Morgan fingerprint density at radius 1 is 1.43 bits per heavy atom. The number of esters is 1. The number of carboxylic acid groups (broad SMARTS) is 1. The van der Waals surface area contributed by atoms with Crippen LogP contribution in [0.1, 0.15) is 40.0 Å². The highest BCUT2D eigenvalue weighted by Gasteiger charge is 2.44. The van der Waals surface area contributed by atoms with Crippen molar-refractivity contribution in [3.05, 3.63) is 0 Å². The summed E-state index contributed by atoms with van der Waals surface area (Å²) in [6.07, 6.45) is 0.982. The molecule has 0 radical (unpaired) electrons. The summed E-state index contributed by atoms with van der Waals surface area (Å²) in [6.45, 7) is 4.84. The summed E-state index contributed by atoms with van der Waals surface area (Å²) in [5, 5.41) is 9.16. The summed E-state index contributed by atoms with van der Waals surface area (Å²) in [7, 11) is -4.09. The van der Waals surface area contributed by atoms with E-state index in [9.17, 15) is 18.0 Å². The van der Waals surface area contributed by atoms with E-state index in [2.05, 4.69) is 4.72 Å². The molecule has 1 saturated heterocycles. The molecule has 1 aliphatic heterocycles. The van der Waals surface area contributed by atoms with Crippen LogP contribution in [0.5, 0.6) is 0 Å². The van der Waals surface area contributed by atoms with Gasteiger partial charge in [0.1, 0.15) is 11.6 Å². The molecule has 0 aromatic rings. The van der Waals surface area contributed by atoms with Crippen molar-refractivity contribution in [2.45, 2.75) is 51.6 Å². The normalized spacial score (nSPS) is 22.7. The first-order valence-corrected chi connectivity index (χ1v) is 8.32. The van der Waals surface area contributed by atoms with E-state index in [-0.39, 0.29) is 19.6 Å². The highest BCUT2D eigenvalue weighted by Crippen LogP contribution is 2.23. The number of carboxylic acids is 1. The summed E-state index contributed by atoms with van der Waals surface area (Å²) in [6, 6.07) is -0.891. The van der Waals surface area contributed by atoms with Gasteiger partial charge >= 0.3 is 11.9 Å². The van der Waals surface area contributed by atoms with Crippen LogP contribution in [0, 0.1) is 0 Å². The van der Waals surface area contributed by atoms with E-state index in [1.165, 1.54) is 6.92 Å². The van der Waals surface area contributed by atoms with Crippen LogP contribution >= 0.6 is 0 Å². The zero-order valence-corrected chi connectivity index (χ0v) is 13.3. The van der Waals surface area contributed by atoms with Gasteiger partial charge < -0.3 is 9.84 Å². The number of hydrogen-bond acceptors (Lipinski definition) is 5. The standard InChI is InChI=1S/C12H22N2O6S/c1-4-12(3,11(16)17)13-21(18,19)14-8-6-7-9(14)10(15)20-5-2/h9,13H,4-8H2,1-3H3,(H,16,17). The lowest BCUT2D eigenvalue weighted by atomic mass is 10.0. The van der Waals surface area contributed by atoms with Crippen LogP contribution in [0.15, 0.2) is 0 Å². The van der Waals surface area contributed by atoms with Gasteiger partial charge in [-0.3, -0.25) is 9.59 Å². The zero-order valence-electron chi connectivity index (χ0n) is 12.5. The number of aliphatic carboxylic acids is 1. The Labute approximate surface area is 124 Å². The van der Waals surface area contributed by atoms with Crippen molar-refractivity contribution < 1.29 is 27.9 Å². The van der Waals surface area contributed by atoms with Gasteiger partial charge in [0.15, 0.2) is 0 Å². The van der Waals surface area contributed by atoms with Gasteiger partial charge in [-0.2, -0.15) is 17.4 Å². The van der Waals surface area contributed by atoms with Gasteiger partial charge in [0.25, 0.3) is 10.2 Å². The molecule has 1 aliphatic rings. The molecule has 0 amide bonds. The first kappa shape index (κ1) is 17.9. The molecule has 0 aliphatic carbocycles. The molecular formula is C12H22N2O6S. The number of nitrogens with one attached hydrogen (secondary N) is 1. The third-order valence-corrected chi connectivity index (χ3v) is 5.37. The molecule has 122 valence electrons. The quantitative estimate of drug-likeness (QED) is 0.643. The SMILES string of the molecule is CCOC(=O)C1CCCN1S(=O)(=O)NC(C)(CC)C(=O)O. The number of ether oxygens (including phenoxy) is 1. The number of carbonyl (C=O) groups is 2. The van der Waals surface area contributed by atoms with Crippen molar-refractivity contribution in [1.82, 2.24) is 9.03 Å². The largest absolute Gasteiger partial charge is 0.480 e. The third kappa shape index (κ3) is 3.92. The van der Waals surface area contributed by atoms with Crippen molar-refractivity contribution in [2.24, 2.45) is 0 Å². The average Bonchev–Trinajstić information content (AvgIpc) is 2.88. The van der Waals surface area contributed by atoms with Gasteiger partial charge in [0.05, 0.1) is 6.61 Å². The minimum absolute atomic E-state index is 0.0828. The van der Waals surface area contributed by atoms with Crippen LogP contribution in [0.25, 0.3) is 0 Å². The minimum atomic E-state index is -4.09. The van der Waals surface area contributed by atoms with Crippen LogP contribution in [0.4, 0.5) is 0 Å². The predicted molar refractivity (Wildman–Crippen MR) is 74.7 cm³/mol. The highest BCUT2D eigenvalue weighted by molar-refractivity contribution is 7.87. The van der Waals surface area contributed by atoms with Crippen molar-refractivity contribution in [3.8, 4) is 0 Å². The lowest BCUT2D eigenvalue weighted by Gasteiger charge is -2.29. The lowest BCUT2D eigenvalue weighted by molar-refractivity contribution is -0.146. The fraction of sp³-hybridized carbons (Fsp3) is 0.833. The molecule has 8 nitrogen and oxygen atoms in total. The van der Waals surface area contributed by atoms with Crippen molar-refractivity contribution in [1.29, 1.82) is 0 Å². The average molecular weight is 322 g/mol. The maximum Gasteiger partial charge on any atom is 0.324 e. The Morgan fingerprint density at radius 2 is 2.05 bits per heavy atom. The van der Waals surface area contributed by atoms with E-state index >= 15 is 0 Å². The summed E-state index contributed by atoms with van der Waals surface area (Å²) >= 11 is 0. The van der Waals surface area contributed by atoms with Crippen LogP contribution in [0.3, 0.4) is 0 Å². The molecule has 1 fully saturated rings.